The van der Waals surface area contributed by atoms with Crippen molar-refractivity contribution >= 4 is 0 Å². The fourth-order valence-corrected chi connectivity index (χ4v) is 3.64. The largest absolute Gasteiger partial charge is 0.387 e. The van der Waals surface area contributed by atoms with E-state index in [4.69, 9.17) is 0 Å². The Morgan fingerprint density at radius 1 is 1.05 bits per heavy atom. The molecule has 0 saturated heterocycles. The molecule has 1 aromatic rings. The predicted octanol–water partition coefficient (Wildman–Crippen LogP) is 3.96. The highest BCUT2D eigenvalue weighted by molar-refractivity contribution is 5.39. The molecule has 1 fully saturated rings. The third kappa shape index (κ3) is 3.62. The van der Waals surface area contributed by atoms with Crippen LogP contribution in [0.3, 0.4) is 0 Å². The summed E-state index contributed by atoms with van der Waals surface area (Å²) >= 11 is 0. The Kier molecular flexibility index (Phi) is 5.22. The van der Waals surface area contributed by atoms with Crippen molar-refractivity contribution in [1.82, 2.24) is 5.32 Å². The number of hydrogen-bond donors (Lipinski definition) is 2. The zero-order valence-corrected chi connectivity index (χ0v) is 13.4. The highest BCUT2D eigenvalue weighted by atomic mass is 16.3. The highest BCUT2D eigenvalue weighted by Crippen LogP contribution is 2.27. The fraction of sp³-hybridized carbons (Fsp3) is 0.667. The van der Waals surface area contributed by atoms with Crippen molar-refractivity contribution in [2.45, 2.75) is 78.0 Å². The molecule has 1 aromatic carbocycles. The van der Waals surface area contributed by atoms with Gasteiger partial charge in [0.2, 0.25) is 0 Å². The molecule has 2 nitrogen and oxygen atoms in total. The summed E-state index contributed by atoms with van der Waals surface area (Å²) in [6.45, 7) is 8.43. The molecule has 0 radical (unpaired) electrons. The molecule has 0 amide bonds. The van der Waals surface area contributed by atoms with Gasteiger partial charge in [-0.05, 0) is 57.2 Å². The maximum atomic E-state index is 10.7. The van der Waals surface area contributed by atoms with Crippen molar-refractivity contribution in [3.05, 3.63) is 34.4 Å². The molecule has 2 rings (SSSR count). The zero-order chi connectivity index (χ0) is 14.7. The molecule has 0 aromatic heterocycles. The Morgan fingerprint density at radius 2 is 1.60 bits per heavy atom. The van der Waals surface area contributed by atoms with Crippen LogP contribution in [0.25, 0.3) is 0 Å². The van der Waals surface area contributed by atoms with E-state index in [-0.39, 0.29) is 6.04 Å². The molecule has 0 aliphatic heterocycles. The lowest BCUT2D eigenvalue weighted by atomic mass is 9.90. The fourth-order valence-electron chi connectivity index (χ4n) is 3.64. The first-order valence-corrected chi connectivity index (χ1v) is 8.01. The second-order valence-corrected chi connectivity index (χ2v) is 6.55. The quantitative estimate of drug-likeness (QED) is 0.872. The van der Waals surface area contributed by atoms with Gasteiger partial charge in [0.25, 0.3) is 0 Å². The third-order valence-electron chi connectivity index (χ3n) is 4.61. The summed E-state index contributed by atoms with van der Waals surface area (Å²) in [7, 11) is 0. The molecule has 2 unspecified atom stereocenters. The molecule has 1 saturated carbocycles. The van der Waals surface area contributed by atoms with E-state index in [2.05, 4.69) is 45.1 Å². The maximum Gasteiger partial charge on any atom is 0.0945 e. The molecule has 0 heterocycles. The van der Waals surface area contributed by atoms with Crippen LogP contribution in [0, 0.1) is 20.8 Å². The summed E-state index contributed by atoms with van der Waals surface area (Å²) in [5.41, 5.74) is 4.77. The summed E-state index contributed by atoms with van der Waals surface area (Å²) < 4.78 is 0. The van der Waals surface area contributed by atoms with Gasteiger partial charge in [0.05, 0.1) is 6.10 Å². The van der Waals surface area contributed by atoms with Crippen molar-refractivity contribution in [2.24, 2.45) is 0 Å². The van der Waals surface area contributed by atoms with Crippen molar-refractivity contribution in [2.75, 3.05) is 0 Å². The molecule has 20 heavy (non-hydrogen) atoms. The zero-order valence-electron chi connectivity index (χ0n) is 13.4. The first-order valence-electron chi connectivity index (χ1n) is 8.01. The van der Waals surface area contributed by atoms with E-state index >= 15 is 0 Å². The van der Waals surface area contributed by atoms with Crippen LogP contribution in [-0.4, -0.2) is 17.2 Å². The van der Waals surface area contributed by atoms with Crippen molar-refractivity contribution < 1.29 is 5.11 Å². The van der Waals surface area contributed by atoms with Gasteiger partial charge in [-0.3, -0.25) is 0 Å². The van der Waals surface area contributed by atoms with Gasteiger partial charge in [-0.2, -0.15) is 0 Å². The van der Waals surface area contributed by atoms with Crippen LogP contribution in [0.15, 0.2) is 12.1 Å². The van der Waals surface area contributed by atoms with E-state index in [9.17, 15) is 5.11 Å². The summed E-state index contributed by atoms with van der Waals surface area (Å²) in [4.78, 5) is 0. The predicted molar refractivity (Wildman–Crippen MR) is 85.1 cm³/mol. The Morgan fingerprint density at radius 3 is 2.15 bits per heavy atom. The van der Waals surface area contributed by atoms with Crippen LogP contribution < -0.4 is 5.32 Å². The van der Waals surface area contributed by atoms with Gasteiger partial charge >= 0.3 is 0 Å². The lowest BCUT2D eigenvalue weighted by Crippen LogP contribution is -2.41. The van der Waals surface area contributed by atoms with Crippen molar-refractivity contribution in [3.8, 4) is 0 Å². The summed E-state index contributed by atoms with van der Waals surface area (Å²) in [5.74, 6) is 0. The smallest absolute Gasteiger partial charge is 0.0945 e. The number of aryl methyl sites for hydroxylation is 3. The molecule has 1 aliphatic rings. The van der Waals surface area contributed by atoms with Gasteiger partial charge in [0.1, 0.15) is 0 Å². The van der Waals surface area contributed by atoms with E-state index in [1.54, 1.807) is 0 Å². The topological polar surface area (TPSA) is 32.3 Å². The molecular formula is C18H29NO. The Labute approximate surface area is 123 Å². The van der Waals surface area contributed by atoms with Crippen LogP contribution >= 0.6 is 0 Å². The minimum absolute atomic E-state index is 0.109. The van der Waals surface area contributed by atoms with Crippen LogP contribution in [-0.2, 0) is 0 Å². The first kappa shape index (κ1) is 15.5. The van der Waals surface area contributed by atoms with E-state index in [1.807, 2.05) is 0 Å². The van der Waals surface area contributed by atoms with Gasteiger partial charge in [0.15, 0.2) is 0 Å². The molecule has 0 bridgehead atoms. The molecule has 2 N–H and O–H groups in total. The van der Waals surface area contributed by atoms with Gasteiger partial charge in [0, 0.05) is 12.1 Å². The van der Waals surface area contributed by atoms with Crippen molar-refractivity contribution in [1.29, 1.82) is 0 Å². The monoisotopic (exact) mass is 275 g/mol. The Balaban J connectivity index is 2.08. The Bertz CT molecular complexity index is 426. The average Bonchev–Trinajstić information content (AvgIpc) is 2.38. The van der Waals surface area contributed by atoms with Gasteiger partial charge < -0.3 is 10.4 Å². The van der Waals surface area contributed by atoms with E-state index in [1.165, 1.54) is 48.8 Å². The minimum Gasteiger partial charge on any atom is -0.387 e. The average molecular weight is 275 g/mol. The summed E-state index contributed by atoms with van der Waals surface area (Å²) in [6.07, 6.45) is 6.10. The second-order valence-electron chi connectivity index (χ2n) is 6.55. The number of hydrogen-bond acceptors (Lipinski definition) is 2. The van der Waals surface area contributed by atoms with Gasteiger partial charge in [-0.25, -0.2) is 0 Å². The molecule has 112 valence electrons. The molecule has 2 atom stereocenters. The lowest BCUT2D eigenvalue weighted by molar-refractivity contribution is 0.123. The lowest BCUT2D eigenvalue weighted by Gasteiger charge is -2.30. The summed E-state index contributed by atoms with van der Waals surface area (Å²) in [5, 5.41) is 14.3. The van der Waals surface area contributed by atoms with E-state index in [0.29, 0.717) is 6.04 Å². The van der Waals surface area contributed by atoms with E-state index in [0.717, 1.165) is 5.56 Å². The molecular weight excluding hydrogens is 246 g/mol. The Hall–Kier alpha value is -0.860. The van der Waals surface area contributed by atoms with E-state index < -0.39 is 6.10 Å². The van der Waals surface area contributed by atoms with Crippen LogP contribution in [0.4, 0.5) is 0 Å². The van der Waals surface area contributed by atoms with Gasteiger partial charge in [-0.1, -0.05) is 37.0 Å². The van der Waals surface area contributed by atoms with Gasteiger partial charge in [-0.15, -0.1) is 0 Å². The standard InChI is InChI=1S/C18H29NO/c1-12-10-13(2)17(14(3)11-12)18(20)15(4)19-16-8-6-5-7-9-16/h10-11,15-16,18-20H,5-9H2,1-4H3. The third-order valence-corrected chi connectivity index (χ3v) is 4.61. The number of aliphatic hydroxyl groups excluding tert-OH is 1. The number of benzene rings is 1. The van der Waals surface area contributed by atoms with Crippen molar-refractivity contribution in [3.63, 3.8) is 0 Å². The minimum atomic E-state index is -0.419. The molecule has 1 aliphatic carbocycles. The van der Waals surface area contributed by atoms with Crippen LogP contribution in [0.1, 0.15) is 67.4 Å². The number of aliphatic hydroxyl groups is 1. The first-order chi connectivity index (χ1) is 9.49. The normalized spacial score (nSPS) is 19.9. The summed E-state index contributed by atoms with van der Waals surface area (Å²) in [6, 6.07) is 5.02. The number of nitrogens with one attached hydrogen (secondary N) is 1. The maximum absolute atomic E-state index is 10.7. The molecule has 0 spiro atoms. The van der Waals surface area contributed by atoms with Crippen LogP contribution in [0.5, 0.6) is 0 Å². The molecule has 2 heteroatoms. The van der Waals surface area contributed by atoms with Crippen LogP contribution in [0.2, 0.25) is 0 Å². The SMILES string of the molecule is Cc1cc(C)c(C(O)C(C)NC2CCCCC2)c(C)c1. The highest BCUT2D eigenvalue weighted by Gasteiger charge is 2.23. The number of rotatable bonds is 4. The second kappa shape index (κ2) is 6.73.